The Hall–Kier alpha value is -0.890. The highest BCUT2D eigenvalue weighted by Crippen LogP contribution is 2.46. The van der Waals surface area contributed by atoms with Crippen molar-refractivity contribution in [2.45, 2.75) is 52.6 Å². The van der Waals surface area contributed by atoms with Gasteiger partial charge in [-0.3, -0.25) is 4.98 Å². The second-order valence-electron chi connectivity index (χ2n) is 6.08. The Morgan fingerprint density at radius 3 is 2.76 bits per heavy atom. The van der Waals surface area contributed by atoms with Gasteiger partial charge in [0.1, 0.15) is 0 Å². The van der Waals surface area contributed by atoms with Crippen molar-refractivity contribution in [2.75, 3.05) is 0 Å². The lowest BCUT2D eigenvalue weighted by Crippen LogP contribution is -2.32. The van der Waals surface area contributed by atoms with Crippen LogP contribution in [-0.4, -0.2) is 10.1 Å². The number of aliphatic hydroxyl groups excluding tert-OH is 1. The number of hydrogen-bond acceptors (Lipinski definition) is 2. The first-order chi connectivity index (χ1) is 8.00. The van der Waals surface area contributed by atoms with Crippen LogP contribution in [0.25, 0.3) is 0 Å². The van der Waals surface area contributed by atoms with Crippen molar-refractivity contribution >= 4 is 0 Å². The minimum atomic E-state index is -0.363. The van der Waals surface area contributed by atoms with Gasteiger partial charge in [0, 0.05) is 12.4 Å². The molecule has 1 aliphatic rings. The van der Waals surface area contributed by atoms with E-state index in [0.29, 0.717) is 5.92 Å². The molecule has 2 nitrogen and oxygen atoms in total. The average molecular weight is 233 g/mol. The zero-order chi connectivity index (χ0) is 12.5. The summed E-state index contributed by atoms with van der Waals surface area (Å²) < 4.78 is 0. The van der Waals surface area contributed by atoms with Crippen LogP contribution >= 0.6 is 0 Å². The largest absolute Gasteiger partial charge is 0.388 e. The minimum absolute atomic E-state index is 0.238. The predicted octanol–water partition coefficient (Wildman–Crippen LogP) is 3.64. The summed E-state index contributed by atoms with van der Waals surface area (Å²) in [4.78, 5) is 4.19. The van der Waals surface area contributed by atoms with E-state index in [9.17, 15) is 5.11 Å². The number of pyridine rings is 1. The van der Waals surface area contributed by atoms with Crippen LogP contribution in [0.4, 0.5) is 0 Å². The van der Waals surface area contributed by atoms with E-state index in [-0.39, 0.29) is 11.5 Å². The molecule has 0 saturated heterocycles. The molecule has 2 atom stereocenters. The predicted molar refractivity (Wildman–Crippen MR) is 69.7 cm³/mol. The normalized spacial score (nSPS) is 25.5. The zero-order valence-electron chi connectivity index (χ0n) is 11.1. The van der Waals surface area contributed by atoms with Gasteiger partial charge in [-0.05, 0) is 42.2 Å². The molecule has 0 spiro atoms. The van der Waals surface area contributed by atoms with Gasteiger partial charge in [0.2, 0.25) is 0 Å². The third-order valence-corrected chi connectivity index (χ3v) is 4.21. The smallest absolute Gasteiger partial charge is 0.0838 e. The number of hydrogen-bond donors (Lipinski definition) is 1. The van der Waals surface area contributed by atoms with Gasteiger partial charge in [0.15, 0.2) is 0 Å². The Morgan fingerprint density at radius 1 is 1.35 bits per heavy atom. The van der Waals surface area contributed by atoms with Crippen LogP contribution in [0.3, 0.4) is 0 Å². The van der Waals surface area contributed by atoms with Crippen molar-refractivity contribution in [1.29, 1.82) is 0 Å². The van der Waals surface area contributed by atoms with Crippen molar-refractivity contribution in [1.82, 2.24) is 4.98 Å². The summed E-state index contributed by atoms with van der Waals surface area (Å²) in [6.07, 6.45) is 8.16. The molecule has 1 N–H and O–H groups in total. The summed E-state index contributed by atoms with van der Waals surface area (Å²) in [6.45, 7) is 6.59. The number of nitrogens with zero attached hydrogens (tertiary/aromatic N) is 1. The highest BCUT2D eigenvalue weighted by atomic mass is 16.3. The van der Waals surface area contributed by atoms with Crippen LogP contribution in [0.15, 0.2) is 18.5 Å². The molecule has 94 valence electrons. The molecule has 0 aliphatic heterocycles. The Kier molecular flexibility index (Phi) is 3.53. The van der Waals surface area contributed by atoms with Gasteiger partial charge in [-0.15, -0.1) is 0 Å². The Balaban J connectivity index is 2.21. The second kappa shape index (κ2) is 4.77. The lowest BCUT2D eigenvalue weighted by Gasteiger charge is -2.41. The summed E-state index contributed by atoms with van der Waals surface area (Å²) in [5.41, 5.74) is 2.33. The van der Waals surface area contributed by atoms with E-state index < -0.39 is 0 Å². The summed E-state index contributed by atoms with van der Waals surface area (Å²) in [7, 11) is 0. The first kappa shape index (κ1) is 12.6. The molecule has 1 saturated carbocycles. The maximum Gasteiger partial charge on any atom is 0.0838 e. The SMILES string of the molecule is Cc1cncc(C(O)C2CCCCC2(C)C)c1. The van der Waals surface area contributed by atoms with Crippen LogP contribution in [0.5, 0.6) is 0 Å². The first-order valence-electron chi connectivity index (χ1n) is 6.60. The summed E-state index contributed by atoms with van der Waals surface area (Å²) >= 11 is 0. The highest BCUT2D eigenvalue weighted by molar-refractivity contribution is 5.20. The van der Waals surface area contributed by atoms with E-state index >= 15 is 0 Å². The van der Waals surface area contributed by atoms with Crippen LogP contribution in [0, 0.1) is 18.3 Å². The van der Waals surface area contributed by atoms with Gasteiger partial charge in [0.05, 0.1) is 6.10 Å². The fourth-order valence-corrected chi connectivity index (χ4v) is 3.08. The van der Waals surface area contributed by atoms with Gasteiger partial charge in [0.25, 0.3) is 0 Å². The summed E-state index contributed by atoms with van der Waals surface area (Å²) in [5, 5.41) is 10.6. The zero-order valence-corrected chi connectivity index (χ0v) is 11.1. The quantitative estimate of drug-likeness (QED) is 0.846. The topological polar surface area (TPSA) is 33.1 Å². The highest BCUT2D eigenvalue weighted by Gasteiger charge is 2.37. The number of aliphatic hydroxyl groups is 1. The van der Waals surface area contributed by atoms with Gasteiger partial charge in [-0.1, -0.05) is 32.8 Å². The first-order valence-corrected chi connectivity index (χ1v) is 6.60. The van der Waals surface area contributed by atoms with Crippen molar-refractivity contribution in [2.24, 2.45) is 11.3 Å². The van der Waals surface area contributed by atoms with E-state index in [1.165, 1.54) is 19.3 Å². The molecular formula is C15H23NO. The fourth-order valence-electron chi connectivity index (χ4n) is 3.08. The molecule has 2 rings (SSSR count). The van der Waals surface area contributed by atoms with Gasteiger partial charge < -0.3 is 5.11 Å². The molecule has 1 aliphatic carbocycles. The van der Waals surface area contributed by atoms with Crippen LogP contribution in [0.2, 0.25) is 0 Å². The monoisotopic (exact) mass is 233 g/mol. The molecule has 2 heteroatoms. The summed E-state index contributed by atoms with van der Waals surface area (Å²) in [5.74, 6) is 0.361. The van der Waals surface area contributed by atoms with Gasteiger partial charge in [-0.25, -0.2) is 0 Å². The Bertz CT molecular complexity index is 386. The third-order valence-electron chi connectivity index (χ3n) is 4.21. The second-order valence-corrected chi connectivity index (χ2v) is 6.08. The van der Waals surface area contributed by atoms with Crippen molar-refractivity contribution in [3.8, 4) is 0 Å². The molecule has 0 amide bonds. The maximum atomic E-state index is 10.6. The molecule has 1 aromatic rings. The lowest BCUT2D eigenvalue weighted by molar-refractivity contribution is 0.00365. The number of rotatable bonds is 2. The van der Waals surface area contributed by atoms with Crippen molar-refractivity contribution in [3.05, 3.63) is 29.6 Å². The molecule has 1 fully saturated rings. The van der Waals surface area contributed by atoms with Crippen LogP contribution in [-0.2, 0) is 0 Å². The molecule has 1 heterocycles. The molecule has 0 radical (unpaired) electrons. The van der Waals surface area contributed by atoms with E-state index in [2.05, 4.69) is 24.9 Å². The Labute approximate surface area is 104 Å². The number of aryl methyl sites for hydroxylation is 1. The molecule has 1 aromatic heterocycles. The van der Waals surface area contributed by atoms with Gasteiger partial charge >= 0.3 is 0 Å². The van der Waals surface area contributed by atoms with E-state index in [1.807, 2.05) is 19.3 Å². The summed E-state index contributed by atoms with van der Waals surface area (Å²) in [6, 6.07) is 2.06. The average Bonchev–Trinajstić information content (AvgIpc) is 2.27. The maximum absolute atomic E-state index is 10.6. The van der Waals surface area contributed by atoms with E-state index in [4.69, 9.17) is 0 Å². The van der Waals surface area contributed by atoms with Gasteiger partial charge in [-0.2, -0.15) is 0 Å². The fraction of sp³-hybridized carbons (Fsp3) is 0.667. The minimum Gasteiger partial charge on any atom is -0.388 e. The third kappa shape index (κ3) is 2.68. The van der Waals surface area contributed by atoms with E-state index in [0.717, 1.165) is 17.5 Å². The van der Waals surface area contributed by atoms with E-state index in [1.54, 1.807) is 0 Å². The molecule has 0 aromatic carbocycles. The molecule has 2 unspecified atom stereocenters. The number of aromatic nitrogens is 1. The molecule has 17 heavy (non-hydrogen) atoms. The lowest BCUT2D eigenvalue weighted by atomic mass is 9.66. The molecule has 0 bridgehead atoms. The standard InChI is InChI=1S/C15H23NO/c1-11-8-12(10-16-9-11)14(17)13-6-4-5-7-15(13,2)3/h8-10,13-14,17H,4-7H2,1-3H3. The van der Waals surface area contributed by atoms with Crippen LogP contribution < -0.4 is 0 Å². The molecular weight excluding hydrogens is 210 g/mol. The Morgan fingerprint density at radius 2 is 2.12 bits per heavy atom. The van der Waals surface area contributed by atoms with Crippen molar-refractivity contribution < 1.29 is 5.11 Å². The van der Waals surface area contributed by atoms with Crippen molar-refractivity contribution in [3.63, 3.8) is 0 Å². The van der Waals surface area contributed by atoms with Crippen LogP contribution in [0.1, 0.15) is 56.8 Å².